The molecular weight excluding hydrogens is 234 g/mol. The van der Waals surface area contributed by atoms with E-state index in [-0.39, 0.29) is 0 Å². The lowest BCUT2D eigenvalue weighted by molar-refractivity contribution is -0.848. The van der Waals surface area contributed by atoms with E-state index in [0.717, 1.165) is 17.7 Å². The predicted octanol–water partition coefficient (Wildman–Crippen LogP) is 3.36. The van der Waals surface area contributed by atoms with Crippen LogP contribution in [-0.2, 0) is 13.5 Å². The Bertz CT molecular complexity index is 656. The van der Waals surface area contributed by atoms with Crippen molar-refractivity contribution in [2.45, 2.75) is 6.42 Å². The van der Waals surface area contributed by atoms with Gasteiger partial charge in [0.15, 0.2) is 7.05 Å². The molecule has 0 saturated heterocycles. The van der Waals surface area contributed by atoms with Crippen LogP contribution >= 0.6 is 0 Å². The molecule has 0 aliphatic rings. The van der Waals surface area contributed by atoms with E-state index in [1.807, 2.05) is 36.1 Å². The van der Waals surface area contributed by atoms with Crippen LogP contribution in [0.3, 0.4) is 0 Å². The van der Waals surface area contributed by atoms with Gasteiger partial charge in [-0.1, -0.05) is 60.7 Å². The van der Waals surface area contributed by atoms with E-state index in [4.69, 9.17) is 4.52 Å². The summed E-state index contributed by atoms with van der Waals surface area (Å²) in [5, 5.41) is 0. The second-order valence-electron chi connectivity index (χ2n) is 4.62. The first-order valence-electron chi connectivity index (χ1n) is 6.41. The summed E-state index contributed by atoms with van der Waals surface area (Å²) in [5.41, 5.74) is 3.57. The van der Waals surface area contributed by atoms with Crippen LogP contribution in [0.2, 0.25) is 0 Å². The van der Waals surface area contributed by atoms with E-state index in [1.54, 1.807) is 0 Å². The topological polar surface area (TPSA) is 17.0 Å². The molecule has 0 bridgehead atoms. The molecule has 2 aromatic carbocycles. The quantitative estimate of drug-likeness (QED) is 0.651. The van der Waals surface area contributed by atoms with Crippen molar-refractivity contribution >= 4 is 0 Å². The Labute approximate surface area is 112 Å². The summed E-state index contributed by atoms with van der Waals surface area (Å²) < 4.78 is 7.63. The Morgan fingerprint density at radius 2 is 1.53 bits per heavy atom. The summed E-state index contributed by atoms with van der Waals surface area (Å²) >= 11 is 0. The van der Waals surface area contributed by atoms with Gasteiger partial charge in [-0.15, -0.1) is 0 Å². The first-order chi connectivity index (χ1) is 9.33. The number of nitrogens with zero attached hydrogens (tertiary/aromatic N) is 1. The van der Waals surface area contributed by atoms with Crippen LogP contribution in [0.15, 0.2) is 71.3 Å². The van der Waals surface area contributed by atoms with Crippen LogP contribution in [-0.4, -0.2) is 0 Å². The number of aryl methyl sites for hydroxylation is 1. The van der Waals surface area contributed by atoms with Gasteiger partial charge < -0.3 is 0 Å². The minimum absolute atomic E-state index is 0.883. The Morgan fingerprint density at radius 1 is 0.895 bits per heavy atom. The summed E-state index contributed by atoms with van der Waals surface area (Å²) in [6, 6.07) is 22.7. The molecule has 2 nitrogen and oxygen atoms in total. The average Bonchev–Trinajstić information content (AvgIpc) is 2.82. The molecule has 0 unspecified atom stereocenters. The molecule has 19 heavy (non-hydrogen) atoms. The van der Waals surface area contributed by atoms with Crippen molar-refractivity contribution in [3.8, 4) is 11.3 Å². The zero-order valence-corrected chi connectivity index (χ0v) is 10.9. The van der Waals surface area contributed by atoms with Gasteiger partial charge in [0.25, 0.3) is 0 Å². The third-order valence-corrected chi connectivity index (χ3v) is 3.22. The van der Waals surface area contributed by atoms with Crippen molar-refractivity contribution in [1.29, 1.82) is 0 Å². The highest BCUT2D eigenvalue weighted by atomic mass is 16.5. The molecule has 0 fully saturated rings. The largest absolute Gasteiger partial charge is 0.236 e. The van der Waals surface area contributed by atoms with Gasteiger partial charge >= 0.3 is 0 Å². The summed E-state index contributed by atoms with van der Waals surface area (Å²) in [6.45, 7) is 0. The van der Waals surface area contributed by atoms with Gasteiger partial charge in [0.1, 0.15) is 0 Å². The fourth-order valence-electron chi connectivity index (χ4n) is 2.18. The number of benzene rings is 2. The third-order valence-electron chi connectivity index (χ3n) is 3.22. The van der Waals surface area contributed by atoms with Crippen LogP contribution < -0.4 is 4.74 Å². The van der Waals surface area contributed by atoms with Crippen molar-refractivity contribution in [3.05, 3.63) is 78.0 Å². The minimum atomic E-state index is 0.883. The monoisotopic (exact) mass is 250 g/mol. The van der Waals surface area contributed by atoms with Crippen LogP contribution in [0, 0.1) is 0 Å². The second-order valence-corrected chi connectivity index (χ2v) is 4.62. The molecular formula is C17H16NO+. The van der Waals surface area contributed by atoms with E-state index in [1.165, 1.54) is 11.3 Å². The molecule has 0 radical (unpaired) electrons. The highest BCUT2D eigenvalue weighted by molar-refractivity contribution is 5.56. The SMILES string of the molecule is C[n+]1oc(-c2ccccc2)cc1Cc1ccccc1. The summed E-state index contributed by atoms with van der Waals surface area (Å²) in [7, 11) is 1.95. The number of rotatable bonds is 3. The minimum Gasteiger partial charge on any atom is -0.236 e. The maximum absolute atomic E-state index is 5.79. The molecule has 3 aromatic rings. The maximum atomic E-state index is 5.79. The molecule has 0 aliphatic heterocycles. The molecule has 94 valence electrons. The highest BCUT2D eigenvalue weighted by Crippen LogP contribution is 2.19. The van der Waals surface area contributed by atoms with E-state index in [0.29, 0.717) is 0 Å². The third kappa shape index (κ3) is 2.58. The van der Waals surface area contributed by atoms with Crippen molar-refractivity contribution in [2.24, 2.45) is 7.05 Å². The van der Waals surface area contributed by atoms with Gasteiger partial charge in [0.05, 0.1) is 12.5 Å². The maximum Gasteiger partial charge on any atom is 0.236 e. The zero-order chi connectivity index (χ0) is 13.1. The molecule has 0 atom stereocenters. The Hall–Kier alpha value is -2.35. The molecule has 3 rings (SSSR count). The van der Waals surface area contributed by atoms with Crippen molar-refractivity contribution in [1.82, 2.24) is 0 Å². The average molecular weight is 250 g/mol. The number of hydrogen-bond acceptors (Lipinski definition) is 1. The van der Waals surface area contributed by atoms with Crippen molar-refractivity contribution in [2.75, 3.05) is 0 Å². The van der Waals surface area contributed by atoms with E-state index < -0.39 is 0 Å². The van der Waals surface area contributed by atoms with E-state index in [9.17, 15) is 0 Å². The fraction of sp³-hybridized carbons (Fsp3) is 0.118. The lowest BCUT2D eigenvalue weighted by atomic mass is 10.1. The first kappa shape index (κ1) is 11.7. The van der Waals surface area contributed by atoms with Crippen LogP contribution in [0.1, 0.15) is 11.3 Å². The summed E-state index contributed by atoms with van der Waals surface area (Å²) in [5.74, 6) is 0.911. The molecule has 0 aliphatic carbocycles. The van der Waals surface area contributed by atoms with E-state index >= 15 is 0 Å². The van der Waals surface area contributed by atoms with Gasteiger partial charge in [-0.25, -0.2) is 4.52 Å². The summed E-state index contributed by atoms with van der Waals surface area (Å²) in [4.78, 5) is 0. The standard InChI is InChI=1S/C17H16NO/c1-18-16(12-14-8-4-2-5-9-14)13-17(19-18)15-10-6-3-7-11-15/h2-11,13H,12H2,1H3/q+1. The first-order valence-corrected chi connectivity index (χ1v) is 6.41. The molecule has 0 amide bonds. The van der Waals surface area contributed by atoms with Gasteiger partial charge in [-0.05, 0) is 10.3 Å². The highest BCUT2D eigenvalue weighted by Gasteiger charge is 2.17. The second kappa shape index (κ2) is 5.11. The Morgan fingerprint density at radius 3 is 2.21 bits per heavy atom. The van der Waals surface area contributed by atoms with Crippen LogP contribution in [0.25, 0.3) is 11.3 Å². The molecule has 1 heterocycles. The van der Waals surface area contributed by atoms with Gasteiger partial charge in [0.2, 0.25) is 11.5 Å². The zero-order valence-electron chi connectivity index (χ0n) is 10.9. The van der Waals surface area contributed by atoms with Crippen molar-refractivity contribution < 1.29 is 9.26 Å². The van der Waals surface area contributed by atoms with Gasteiger partial charge in [-0.2, -0.15) is 0 Å². The molecule has 1 aromatic heterocycles. The smallest absolute Gasteiger partial charge is 0.236 e. The lowest BCUT2D eigenvalue weighted by Gasteiger charge is -1.93. The van der Waals surface area contributed by atoms with Crippen LogP contribution in [0.4, 0.5) is 0 Å². The number of aromatic nitrogens is 1. The lowest BCUT2D eigenvalue weighted by Crippen LogP contribution is -2.29. The Balaban J connectivity index is 1.90. The Kier molecular flexibility index (Phi) is 3.15. The van der Waals surface area contributed by atoms with Crippen molar-refractivity contribution in [3.63, 3.8) is 0 Å². The molecule has 0 spiro atoms. The molecule has 0 N–H and O–H groups in total. The van der Waals surface area contributed by atoms with Crippen LogP contribution in [0.5, 0.6) is 0 Å². The fourth-order valence-corrected chi connectivity index (χ4v) is 2.18. The molecule has 2 heteroatoms. The molecule has 0 saturated carbocycles. The normalized spacial score (nSPS) is 10.6. The van der Waals surface area contributed by atoms with Gasteiger partial charge in [0, 0.05) is 5.56 Å². The number of hydrogen-bond donors (Lipinski definition) is 0. The van der Waals surface area contributed by atoms with Gasteiger partial charge in [-0.3, -0.25) is 0 Å². The van der Waals surface area contributed by atoms with E-state index in [2.05, 4.69) is 42.5 Å². The predicted molar refractivity (Wildman–Crippen MR) is 74.6 cm³/mol. The summed E-state index contributed by atoms with van der Waals surface area (Å²) in [6.07, 6.45) is 0.883.